The topological polar surface area (TPSA) is 71.4 Å². The molecule has 0 saturated carbocycles. The Morgan fingerprint density at radius 1 is 1.47 bits per heavy atom. The second-order valence-electron chi connectivity index (χ2n) is 3.09. The molecule has 0 unspecified atom stereocenters. The number of benzene rings is 1. The van der Waals surface area contributed by atoms with Crippen molar-refractivity contribution in [3.8, 4) is 0 Å². The highest BCUT2D eigenvalue weighted by atomic mass is 79.9. The summed E-state index contributed by atoms with van der Waals surface area (Å²) in [4.78, 5) is 10.6. The Morgan fingerprint density at radius 2 is 2.07 bits per heavy atom. The first-order valence-corrected chi connectivity index (χ1v) is 6.69. The van der Waals surface area contributed by atoms with E-state index in [9.17, 15) is 13.2 Å². The third-order valence-corrected chi connectivity index (χ3v) is 3.44. The minimum Gasteiger partial charge on any atom is -0.481 e. The maximum Gasteiger partial charge on any atom is 0.307 e. The molecule has 1 aromatic rings. The Morgan fingerprint density at radius 3 is 2.53 bits per heavy atom. The fraction of sp³-hybridized carbons (Fsp3) is 0.222. The van der Waals surface area contributed by atoms with E-state index in [1.807, 2.05) is 0 Å². The zero-order chi connectivity index (χ0) is 11.6. The minimum absolute atomic E-state index is 0.0549. The molecule has 0 spiro atoms. The zero-order valence-corrected chi connectivity index (χ0v) is 10.3. The number of carboxylic acids is 1. The molecule has 1 N–H and O–H groups in total. The van der Waals surface area contributed by atoms with Crippen molar-refractivity contribution >= 4 is 31.7 Å². The number of carbonyl (C=O) groups is 1. The number of carboxylic acid groups (broad SMARTS) is 1. The zero-order valence-electron chi connectivity index (χ0n) is 7.90. The average molecular weight is 293 g/mol. The van der Waals surface area contributed by atoms with E-state index in [0.29, 0.717) is 10.0 Å². The van der Waals surface area contributed by atoms with Gasteiger partial charge in [0.2, 0.25) is 0 Å². The summed E-state index contributed by atoms with van der Waals surface area (Å²) in [6.07, 6.45) is 0.760. The fourth-order valence-electron chi connectivity index (χ4n) is 1.18. The van der Waals surface area contributed by atoms with Gasteiger partial charge in [-0.2, -0.15) is 0 Å². The van der Waals surface area contributed by atoms with Gasteiger partial charge in [0.05, 0.1) is 11.3 Å². The Kier molecular flexibility index (Phi) is 3.51. The normalized spacial score (nSPS) is 11.3. The molecule has 4 nitrogen and oxygen atoms in total. The summed E-state index contributed by atoms with van der Waals surface area (Å²) in [5.74, 6) is -1.05. The molecule has 0 radical (unpaired) electrons. The van der Waals surface area contributed by atoms with Gasteiger partial charge in [0.1, 0.15) is 0 Å². The van der Waals surface area contributed by atoms with Crippen molar-refractivity contribution in [1.82, 2.24) is 0 Å². The molecule has 0 aliphatic heterocycles. The molecule has 0 bridgehead atoms. The van der Waals surface area contributed by atoms with Crippen LogP contribution >= 0.6 is 15.9 Å². The van der Waals surface area contributed by atoms with Gasteiger partial charge in [0, 0.05) is 10.7 Å². The van der Waals surface area contributed by atoms with Crippen LogP contribution in [0.25, 0.3) is 0 Å². The lowest BCUT2D eigenvalue weighted by molar-refractivity contribution is -0.136. The lowest BCUT2D eigenvalue weighted by atomic mass is 10.1. The lowest BCUT2D eigenvalue weighted by Gasteiger charge is -2.06. The summed E-state index contributed by atoms with van der Waals surface area (Å²) in [5, 5.41) is 8.62. The number of rotatable bonds is 3. The standard InChI is InChI=1S/C9H9BrO4S/c1-15(13,14)8-5-7(10)3-2-6(8)4-9(11)12/h2-3,5H,4H2,1H3,(H,11,12). The van der Waals surface area contributed by atoms with Gasteiger partial charge in [0.15, 0.2) is 9.84 Å². The Bertz CT molecular complexity index is 493. The highest BCUT2D eigenvalue weighted by Crippen LogP contribution is 2.21. The van der Waals surface area contributed by atoms with Crippen LogP contribution in [-0.4, -0.2) is 25.7 Å². The molecule has 1 aromatic carbocycles. The van der Waals surface area contributed by atoms with Crippen LogP contribution in [0.2, 0.25) is 0 Å². The Hall–Kier alpha value is -0.880. The van der Waals surface area contributed by atoms with Crippen LogP contribution in [0, 0.1) is 0 Å². The van der Waals surface area contributed by atoms with Crippen LogP contribution in [0.4, 0.5) is 0 Å². The van der Waals surface area contributed by atoms with E-state index in [-0.39, 0.29) is 11.3 Å². The third kappa shape index (κ3) is 3.32. The van der Waals surface area contributed by atoms with Gasteiger partial charge in [-0.3, -0.25) is 4.79 Å². The van der Waals surface area contributed by atoms with Gasteiger partial charge in [0.25, 0.3) is 0 Å². The molecular formula is C9H9BrO4S. The van der Waals surface area contributed by atoms with E-state index in [1.54, 1.807) is 6.07 Å². The third-order valence-electron chi connectivity index (χ3n) is 1.77. The minimum atomic E-state index is -3.39. The smallest absolute Gasteiger partial charge is 0.307 e. The first-order chi connectivity index (χ1) is 6.80. The number of aliphatic carboxylic acids is 1. The van der Waals surface area contributed by atoms with Crippen LogP contribution < -0.4 is 0 Å². The summed E-state index contributed by atoms with van der Waals surface area (Å²) in [6.45, 7) is 0. The van der Waals surface area contributed by atoms with Gasteiger partial charge in [-0.1, -0.05) is 22.0 Å². The molecule has 6 heteroatoms. The monoisotopic (exact) mass is 292 g/mol. The predicted octanol–water partition coefficient (Wildman–Crippen LogP) is 1.48. The largest absolute Gasteiger partial charge is 0.481 e. The molecule has 0 aromatic heterocycles. The summed E-state index contributed by atoms with van der Waals surface area (Å²) >= 11 is 3.14. The van der Waals surface area contributed by atoms with Crippen LogP contribution in [0.15, 0.2) is 27.6 Å². The summed E-state index contributed by atoms with van der Waals surface area (Å²) in [7, 11) is -3.39. The maximum absolute atomic E-state index is 11.4. The van der Waals surface area contributed by atoms with Gasteiger partial charge in [-0.15, -0.1) is 0 Å². The van der Waals surface area contributed by atoms with E-state index in [2.05, 4.69) is 15.9 Å². The molecular weight excluding hydrogens is 284 g/mol. The van der Waals surface area contributed by atoms with Crippen molar-refractivity contribution in [2.24, 2.45) is 0 Å². The molecule has 0 aliphatic rings. The van der Waals surface area contributed by atoms with E-state index < -0.39 is 15.8 Å². The van der Waals surface area contributed by atoms with Crippen LogP contribution in [-0.2, 0) is 21.1 Å². The number of sulfone groups is 1. The van der Waals surface area contributed by atoms with Crippen molar-refractivity contribution in [2.75, 3.05) is 6.26 Å². The van der Waals surface area contributed by atoms with E-state index >= 15 is 0 Å². The van der Waals surface area contributed by atoms with E-state index in [1.165, 1.54) is 12.1 Å². The predicted molar refractivity (Wildman–Crippen MR) is 58.6 cm³/mol. The lowest BCUT2D eigenvalue weighted by Crippen LogP contribution is -2.07. The summed E-state index contributed by atoms with van der Waals surface area (Å²) in [6, 6.07) is 4.52. The molecule has 0 atom stereocenters. The SMILES string of the molecule is CS(=O)(=O)c1cc(Br)ccc1CC(=O)O. The average Bonchev–Trinajstić information content (AvgIpc) is 2.05. The second kappa shape index (κ2) is 4.32. The van der Waals surface area contributed by atoms with Gasteiger partial charge >= 0.3 is 5.97 Å². The number of hydrogen-bond donors (Lipinski definition) is 1. The van der Waals surface area contributed by atoms with Crippen LogP contribution in [0.5, 0.6) is 0 Å². The molecule has 0 aliphatic carbocycles. The van der Waals surface area contributed by atoms with Crippen molar-refractivity contribution in [2.45, 2.75) is 11.3 Å². The molecule has 0 amide bonds. The Balaban J connectivity index is 3.33. The molecule has 1 rings (SSSR count). The maximum atomic E-state index is 11.4. The van der Waals surface area contributed by atoms with Crippen LogP contribution in [0.3, 0.4) is 0 Å². The van der Waals surface area contributed by atoms with Crippen LogP contribution in [0.1, 0.15) is 5.56 Å². The quantitative estimate of drug-likeness (QED) is 0.916. The fourth-order valence-corrected chi connectivity index (χ4v) is 2.65. The van der Waals surface area contributed by atoms with E-state index in [0.717, 1.165) is 6.26 Å². The van der Waals surface area contributed by atoms with E-state index in [4.69, 9.17) is 5.11 Å². The first-order valence-electron chi connectivity index (χ1n) is 4.01. The summed E-state index contributed by atoms with van der Waals surface area (Å²) in [5.41, 5.74) is 0.299. The van der Waals surface area contributed by atoms with Gasteiger partial charge < -0.3 is 5.11 Å². The first kappa shape index (κ1) is 12.2. The van der Waals surface area contributed by atoms with Gasteiger partial charge in [-0.25, -0.2) is 8.42 Å². The Labute approximate surface area is 96.0 Å². The molecule has 15 heavy (non-hydrogen) atoms. The molecule has 82 valence electrons. The van der Waals surface area contributed by atoms with Crippen molar-refractivity contribution < 1.29 is 18.3 Å². The molecule has 0 saturated heterocycles. The van der Waals surface area contributed by atoms with Crippen molar-refractivity contribution in [1.29, 1.82) is 0 Å². The van der Waals surface area contributed by atoms with Crippen molar-refractivity contribution in [3.05, 3.63) is 28.2 Å². The number of halogens is 1. The number of hydrogen-bond acceptors (Lipinski definition) is 3. The molecule has 0 heterocycles. The second-order valence-corrected chi connectivity index (χ2v) is 5.99. The highest BCUT2D eigenvalue weighted by molar-refractivity contribution is 9.10. The van der Waals surface area contributed by atoms with Crippen molar-refractivity contribution in [3.63, 3.8) is 0 Å². The molecule has 0 fully saturated rings. The summed E-state index contributed by atoms with van der Waals surface area (Å²) < 4.78 is 23.4. The van der Waals surface area contributed by atoms with Gasteiger partial charge in [-0.05, 0) is 17.7 Å². The highest BCUT2D eigenvalue weighted by Gasteiger charge is 2.15.